The van der Waals surface area contributed by atoms with Gasteiger partial charge in [-0.05, 0) is 23.8 Å². The molecule has 1 unspecified atom stereocenters. The van der Waals surface area contributed by atoms with Crippen molar-refractivity contribution in [3.8, 4) is 0 Å². The number of nitrogens with one attached hydrogen (secondary N) is 1. The number of benzene rings is 2. The van der Waals surface area contributed by atoms with E-state index >= 15 is 0 Å². The minimum absolute atomic E-state index is 0.130. The van der Waals surface area contributed by atoms with E-state index in [1.54, 1.807) is 10.7 Å². The number of halogens is 1. The van der Waals surface area contributed by atoms with Crippen molar-refractivity contribution in [3.05, 3.63) is 77.4 Å². The first-order valence-corrected chi connectivity index (χ1v) is 7.86. The Balaban J connectivity index is 1.53. The highest BCUT2D eigenvalue weighted by atomic mass is 19.1. The van der Waals surface area contributed by atoms with Gasteiger partial charge in [-0.3, -0.25) is 4.79 Å². The molecule has 1 amide bonds. The van der Waals surface area contributed by atoms with Gasteiger partial charge in [0.2, 0.25) is 0 Å². The van der Waals surface area contributed by atoms with Crippen LogP contribution in [0.25, 0.3) is 0 Å². The van der Waals surface area contributed by atoms with E-state index in [0.29, 0.717) is 17.9 Å². The lowest BCUT2D eigenvalue weighted by molar-refractivity contribution is -0.00171. The van der Waals surface area contributed by atoms with Crippen LogP contribution in [0.4, 0.5) is 10.1 Å². The van der Waals surface area contributed by atoms with E-state index < -0.39 is 11.7 Å². The minimum atomic E-state index is -0.436. The van der Waals surface area contributed by atoms with Gasteiger partial charge < -0.3 is 10.1 Å². The Labute approximate surface area is 143 Å². The van der Waals surface area contributed by atoms with E-state index in [1.807, 2.05) is 30.3 Å². The summed E-state index contributed by atoms with van der Waals surface area (Å²) in [5.74, 6) is -0.856. The fraction of sp³-hybridized carbons (Fsp3) is 0.167. The third kappa shape index (κ3) is 3.14. The molecule has 25 heavy (non-hydrogen) atoms. The molecule has 3 aromatic rings. The molecule has 0 saturated carbocycles. The van der Waals surface area contributed by atoms with Crippen LogP contribution in [0.5, 0.6) is 0 Å². The molecule has 0 aliphatic carbocycles. The molecule has 2 heterocycles. The van der Waals surface area contributed by atoms with Crippen molar-refractivity contribution in [2.75, 3.05) is 5.32 Å². The molecule has 1 aliphatic heterocycles. The van der Waals surface area contributed by atoms with Gasteiger partial charge in [-0.15, -0.1) is 5.10 Å². The second-order valence-electron chi connectivity index (χ2n) is 5.74. The van der Waals surface area contributed by atoms with E-state index in [-0.39, 0.29) is 18.4 Å². The summed E-state index contributed by atoms with van der Waals surface area (Å²) in [5, 5.41) is 10.7. The molecule has 0 radical (unpaired) electrons. The Hall–Kier alpha value is -3.06. The highest BCUT2D eigenvalue weighted by Crippen LogP contribution is 2.27. The number of nitrogens with zero attached hydrogens (tertiary/aromatic N) is 3. The molecule has 4 rings (SSSR count). The molecule has 2 aromatic carbocycles. The largest absolute Gasteiger partial charge is 0.365 e. The summed E-state index contributed by atoms with van der Waals surface area (Å²) in [6.45, 7) is 0.720. The van der Waals surface area contributed by atoms with Crippen molar-refractivity contribution < 1.29 is 13.9 Å². The molecular weight excluding hydrogens is 323 g/mol. The van der Waals surface area contributed by atoms with Crippen molar-refractivity contribution in [2.24, 2.45) is 0 Å². The van der Waals surface area contributed by atoms with Gasteiger partial charge in [0.05, 0.1) is 18.8 Å². The SMILES string of the molecule is O=C(Nc1cccc(F)c1)c1nnn2c1COC(c1ccccc1)C2. The van der Waals surface area contributed by atoms with Gasteiger partial charge in [0.25, 0.3) is 5.91 Å². The lowest BCUT2D eigenvalue weighted by Gasteiger charge is -2.24. The van der Waals surface area contributed by atoms with Gasteiger partial charge in [-0.1, -0.05) is 41.6 Å². The van der Waals surface area contributed by atoms with Crippen LogP contribution < -0.4 is 5.32 Å². The summed E-state index contributed by atoms with van der Waals surface area (Å²) >= 11 is 0. The predicted octanol–water partition coefficient (Wildman–Crippen LogP) is 2.94. The molecule has 0 fully saturated rings. The Kier molecular flexibility index (Phi) is 3.99. The van der Waals surface area contributed by atoms with Crippen molar-refractivity contribution in [1.29, 1.82) is 0 Å². The predicted molar refractivity (Wildman–Crippen MR) is 88.3 cm³/mol. The zero-order valence-electron chi connectivity index (χ0n) is 13.2. The van der Waals surface area contributed by atoms with Gasteiger partial charge in [0.1, 0.15) is 11.9 Å². The third-order valence-corrected chi connectivity index (χ3v) is 4.07. The normalized spacial score (nSPS) is 16.3. The first kappa shape index (κ1) is 15.5. The second kappa shape index (κ2) is 6.45. The van der Waals surface area contributed by atoms with Crippen LogP contribution in [0.15, 0.2) is 54.6 Å². The molecule has 126 valence electrons. The Morgan fingerprint density at radius 1 is 1.20 bits per heavy atom. The highest BCUT2D eigenvalue weighted by Gasteiger charge is 2.27. The number of hydrogen-bond donors (Lipinski definition) is 1. The lowest BCUT2D eigenvalue weighted by Crippen LogP contribution is -2.24. The summed E-state index contributed by atoms with van der Waals surface area (Å²) in [6, 6.07) is 15.5. The molecule has 0 saturated heterocycles. The molecule has 0 bridgehead atoms. The van der Waals surface area contributed by atoms with Crippen molar-refractivity contribution >= 4 is 11.6 Å². The number of fused-ring (bicyclic) bond motifs is 1. The zero-order valence-corrected chi connectivity index (χ0v) is 13.2. The average molecular weight is 338 g/mol. The molecular formula is C18H15FN4O2. The number of ether oxygens (including phenoxy) is 1. The number of carbonyl (C=O) groups is 1. The van der Waals surface area contributed by atoms with Crippen LogP contribution in [-0.2, 0) is 17.9 Å². The van der Waals surface area contributed by atoms with Crippen molar-refractivity contribution in [2.45, 2.75) is 19.3 Å². The standard InChI is InChI=1S/C18H15FN4O2/c19-13-7-4-8-14(9-13)20-18(24)17-15-11-25-16(10-23(15)22-21-17)12-5-2-1-3-6-12/h1-9,16H,10-11H2,(H,20,24). The average Bonchev–Trinajstić information content (AvgIpc) is 3.06. The second-order valence-corrected chi connectivity index (χ2v) is 5.74. The topological polar surface area (TPSA) is 69.0 Å². The van der Waals surface area contributed by atoms with E-state index in [4.69, 9.17) is 4.74 Å². The Bertz CT molecular complexity index is 910. The molecule has 0 spiro atoms. The van der Waals surface area contributed by atoms with Crippen LogP contribution >= 0.6 is 0 Å². The summed E-state index contributed by atoms with van der Waals surface area (Å²) in [6.07, 6.45) is -0.130. The van der Waals surface area contributed by atoms with Crippen LogP contribution in [0.2, 0.25) is 0 Å². The number of aromatic nitrogens is 3. The van der Waals surface area contributed by atoms with Crippen LogP contribution in [0, 0.1) is 5.82 Å². The van der Waals surface area contributed by atoms with E-state index in [9.17, 15) is 9.18 Å². The molecule has 1 aromatic heterocycles. The number of rotatable bonds is 3. The Morgan fingerprint density at radius 2 is 2.04 bits per heavy atom. The quantitative estimate of drug-likeness (QED) is 0.797. The van der Waals surface area contributed by atoms with E-state index in [0.717, 1.165) is 5.56 Å². The maximum absolute atomic E-state index is 13.2. The number of anilines is 1. The van der Waals surface area contributed by atoms with E-state index in [2.05, 4.69) is 15.6 Å². The number of amides is 1. The van der Waals surface area contributed by atoms with Crippen LogP contribution in [0.1, 0.15) is 27.8 Å². The smallest absolute Gasteiger partial charge is 0.278 e. The fourth-order valence-corrected chi connectivity index (χ4v) is 2.81. The lowest BCUT2D eigenvalue weighted by atomic mass is 10.1. The summed E-state index contributed by atoms with van der Waals surface area (Å²) in [7, 11) is 0. The van der Waals surface area contributed by atoms with E-state index in [1.165, 1.54) is 18.2 Å². The van der Waals surface area contributed by atoms with Gasteiger partial charge in [-0.25, -0.2) is 9.07 Å². The number of hydrogen-bond acceptors (Lipinski definition) is 4. The van der Waals surface area contributed by atoms with Crippen molar-refractivity contribution in [3.63, 3.8) is 0 Å². The summed E-state index contributed by atoms with van der Waals surface area (Å²) < 4.78 is 20.8. The first-order valence-electron chi connectivity index (χ1n) is 7.86. The Morgan fingerprint density at radius 3 is 2.84 bits per heavy atom. The maximum Gasteiger partial charge on any atom is 0.278 e. The monoisotopic (exact) mass is 338 g/mol. The molecule has 1 N–H and O–H groups in total. The molecule has 1 aliphatic rings. The fourth-order valence-electron chi connectivity index (χ4n) is 2.81. The molecule has 7 heteroatoms. The summed E-state index contributed by atoms with van der Waals surface area (Å²) in [5.41, 5.74) is 2.22. The zero-order chi connectivity index (χ0) is 17.2. The van der Waals surface area contributed by atoms with Gasteiger partial charge in [0, 0.05) is 5.69 Å². The minimum Gasteiger partial charge on any atom is -0.365 e. The third-order valence-electron chi connectivity index (χ3n) is 4.07. The van der Waals surface area contributed by atoms with Crippen LogP contribution in [0.3, 0.4) is 0 Å². The summed E-state index contributed by atoms with van der Waals surface area (Å²) in [4.78, 5) is 12.4. The van der Waals surface area contributed by atoms with Gasteiger partial charge in [0.15, 0.2) is 5.69 Å². The van der Waals surface area contributed by atoms with Crippen molar-refractivity contribution in [1.82, 2.24) is 15.0 Å². The highest BCUT2D eigenvalue weighted by molar-refractivity contribution is 6.03. The first-order chi connectivity index (χ1) is 12.2. The van der Waals surface area contributed by atoms with Crippen LogP contribution in [-0.4, -0.2) is 20.9 Å². The van der Waals surface area contributed by atoms with Gasteiger partial charge >= 0.3 is 0 Å². The van der Waals surface area contributed by atoms with Gasteiger partial charge in [-0.2, -0.15) is 0 Å². The molecule has 6 nitrogen and oxygen atoms in total. The number of carbonyl (C=O) groups excluding carboxylic acids is 1. The molecule has 1 atom stereocenters. The maximum atomic E-state index is 13.2.